The van der Waals surface area contributed by atoms with Gasteiger partial charge in [0.1, 0.15) is 6.10 Å². The quantitative estimate of drug-likeness (QED) is 0.804. The van der Waals surface area contributed by atoms with E-state index in [-0.39, 0.29) is 18.1 Å². The van der Waals surface area contributed by atoms with E-state index < -0.39 is 0 Å². The second-order valence-electron chi connectivity index (χ2n) is 6.62. The van der Waals surface area contributed by atoms with Crippen molar-refractivity contribution in [3.8, 4) is 0 Å². The Morgan fingerprint density at radius 2 is 1.84 bits per heavy atom. The van der Waals surface area contributed by atoms with E-state index >= 15 is 0 Å². The molecule has 1 aliphatic heterocycles. The molecule has 25 heavy (non-hydrogen) atoms. The van der Waals surface area contributed by atoms with E-state index in [1.54, 1.807) is 11.8 Å². The molecule has 0 aliphatic carbocycles. The standard InChI is InChI=1S/C21H25NO2S/c1-16-8-10-18(11-9-16)14-25-15-21(23)22-12-17(2)24-20(13-22)19-6-4-3-5-7-19/h3-11,17,20H,12-15H2,1-2H3. The van der Waals surface area contributed by atoms with Crippen LogP contribution in [0.15, 0.2) is 54.6 Å². The number of benzene rings is 2. The van der Waals surface area contributed by atoms with Gasteiger partial charge in [-0.1, -0.05) is 60.2 Å². The van der Waals surface area contributed by atoms with Gasteiger partial charge in [0.2, 0.25) is 5.91 Å². The third-order valence-electron chi connectivity index (χ3n) is 4.40. The number of carbonyl (C=O) groups is 1. The van der Waals surface area contributed by atoms with Crippen LogP contribution in [0.5, 0.6) is 0 Å². The zero-order valence-electron chi connectivity index (χ0n) is 14.9. The average molecular weight is 356 g/mol. The average Bonchev–Trinajstić information content (AvgIpc) is 2.63. The number of hydrogen-bond donors (Lipinski definition) is 0. The van der Waals surface area contributed by atoms with Gasteiger partial charge in [-0.25, -0.2) is 0 Å². The van der Waals surface area contributed by atoms with Gasteiger partial charge in [-0.15, -0.1) is 11.8 Å². The van der Waals surface area contributed by atoms with Crippen molar-refractivity contribution < 1.29 is 9.53 Å². The molecule has 0 N–H and O–H groups in total. The SMILES string of the molecule is Cc1ccc(CSCC(=O)N2CC(C)OC(c3ccccc3)C2)cc1. The molecular weight excluding hydrogens is 330 g/mol. The minimum Gasteiger partial charge on any atom is -0.367 e. The van der Waals surface area contributed by atoms with Crippen LogP contribution in [0, 0.1) is 6.92 Å². The van der Waals surface area contributed by atoms with Crippen LogP contribution >= 0.6 is 11.8 Å². The molecule has 0 bridgehead atoms. The van der Waals surface area contributed by atoms with Crippen molar-refractivity contribution in [1.82, 2.24) is 4.90 Å². The third-order valence-corrected chi connectivity index (χ3v) is 5.39. The molecule has 1 aliphatic rings. The summed E-state index contributed by atoms with van der Waals surface area (Å²) < 4.78 is 6.04. The molecule has 3 nitrogen and oxygen atoms in total. The van der Waals surface area contributed by atoms with E-state index in [1.165, 1.54) is 11.1 Å². The number of aryl methyl sites for hydroxylation is 1. The van der Waals surface area contributed by atoms with Crippen molar-refractivity contribution in [3.63, 3.8) is 0 Å². The molecule has 0 aromatic heterocycles. The lowest BCUT2D eigenvalue weighted by Crippen LogP contribution is -2.46. The van der Waals surface area contributed by atoms with Crippen LogP contribution in [0.1, 0.15) is 29.7 Å². The zero-order valence-corrected chi connectivity index (χ0v) is 15.7. The molecule has 2 aromatic rings. The predicted molar refractivity (Wildman–Crippen MR) is 104 cm³/mol. The van der Waals surface area contributed by atoms with Gasteiger partial charge in [0, 0.05) is 12.3 Å². The van der Waals surface area contributed by atoms with Crippen molar-refractivity contribution in [1.29, 1.82) is 0 Å². The lowest BCUT2D eigenvalue weighted by Gasteiger charge is -2.37. The first kappa shape index (κ1) is 18.0. The van der Waals surface area contributed by atoms with E-state index in [4.69, 9.17) is 4.74 Å². The number of hydrogen-bond acceptors (Lipinski definition) is 3. The molecule has 1 saturated heterocycles. The Kier molecular flexibility index (Phi) is 6.16. The van der Waals surface area contributed by atoms with E-state index in [9.17, 15) is 4.79 Å². The number of rotatable bonds is 5. The molecule has 2 aromatic carbocycles. The highest BCUT2D eigenvalue weighted by atomic mass is 32.2. The van der Waals surface area contributed by atoms with Crippen LogP contribution in [-0.4, -0.2) is 35.8 Å². The molecule has 1 amide bonds. The van der Waals surface area contributed by atoms with E-state index in [0.717, 1.165) is 11.3 Å². The summed E-state index contributed by atoms with van der Waals surface area (Å²) in [5, 5.41) is 0. The van der Waals surface area contributed by atoms with Crippen LogP contribution < -0.4 is 0 Å². The minimum absolute atomic E-state index is 0.0315. The second kappa shape index (κ2) is 8.54. The Bertz CT molecular complexity index is 687. The maximum Gasteiger partial charge on any atom is 0.232 e. The summed E-state index contributed by atoms with van der Waals surface area (Å²) in [7, 11) is 0. The van der Waals surface area contributed by atoms with Gasteiger partial charge in [-0.2, -0.15) is 0 Å². The molecule has 0 saturated carbocycles. The maximum atomic E-state index is 12.6. The van der Waals surface area contributed by atoms with Gasteiger partial charge < -0.3 is 9.64 Å². The molecule has 0 radical (unpaired) electrons. The van der Waals surface area contributed by atoms with Crippen LogP contribution in [-0.2, 0) is 15.3 Å². The number of carbonyl (C=O) groups excluding carboxylic acids is 1. The van der Waals surface area contributed by atoms with Gasteiger partial charge in [0.25, 0.3) is 0 Å². The first-order chi connectivity index (χ1) is 12.1. The Balaban J connectivity index is 1.53. The number of amides is 1. The zero-order chi connectivity index (χ0) is 17.6. The topological polar surface area (TPSA) is 29.5 Å². The first-order valence-corrected chi connectivity index (χ1v) is 9.89. The summed E-state index contributed by atoms with van der Waals surface area (Å²) in [6.07, 6.45) is 0.0287. The maximum absolute atomic E-state index is 12.6. The molecule has 1 fully saturated rings. The van der Waals surface area contributed by atoms with Crippen molar-refractivity contribution in [2.24, 2.45) is 0 Å². The van der Waals surface area contributed by atoms with E-state index in [0.29, 0.717) is 18.8 Å². The lowest BCUT2D eigenvalue weighted by molar-refractivity contribution is -0.142. The van der Waals surface area contributed by atoms with Crippen LogP contribution in [0.2, 0.25) is 0 Å². The molecule has 4 heteroatoms. The Morgan fingerprint density at radius 1 is 1.12 bits per heavy atom. The smallest absolute Gasteiger partial charge is 0.232 e. The summed E-state index contributed by atoms with van der Waals surface area (Å²) in [5.74, 6) is 1.59. The lowest BCUT2D eigenvalue weighted by atomic mass is 10.1. The van der Waals surface area contributed by atoms with Crippen molar-refractivity contribution in [2.75, 3.05) is 18.8 Å². The fraction of sp³-hybridized carbons (Fsp3) is 0.381. The third kappa shape index (κ3) is 5.10. The van der Waals surface area contributed by atoms with Crippen LogP contribution in [0.25, 0.3) is 0 Å². The molecule has 3 rings (SSSR count). The summed E-state index contributed by atoms with van der Waals surface area (Å²) >= 11 is 1.68. The fourth-order valence-corrected chi connectivity index (χ4v) is 3.93. The fourth-order valence-electron chi connectivity index (χ4n) is 3.04. The minimum atomic E-state index is -0.0315. The Morgan fingerprint density at radius 3 is 2.56 bits per heavy atom. The van der Waals surface area contributed by atoms with Gasteiger partial charge in [-0.3, -0.25) is 4.79 Å². The molecule has 132 valence electrons. The summed E-state index contributed by atoms with van der Waals surface area (Å²) in [6, 6.07) is 18.7. The Hall–Kier alpha value is -1.78. The molecule has 2 unspecified atom stereocenters. The monoisotopic (exact) mass is 355 g/mol. The van der Waals surface area contributed by atoms with Gasteiger partial charge >= 0.3 is 0 Å². The number of ether oxygens (including phenoxy) is 1. The van der Waals surface area contributed by atoms with E-state index in [1.807, 2.05) is 30.0 Å². The highest BCUT2D eigenvalue weighted by Gasteiger charge is 2.29. The first-order valence-electron chi connectivity index (χ1n) is 8.73. The van der Waals surface area contributed by atoms with Crippen molar-refractivity contribution >= 4 is 17.7 Å². The van der Waals surface area contributed by atoms with E-state index in [2.05, 4.69) is 43.3 Å². The summed E-state index contributed by atoms with van der Waals surface area (Å²) in [6.45, 7) is 5.43. The number of nitrogens with zero attached hydrogens (tertiary/aromatic N) is 1. The summed E-state index contributed by atoms with van der Waals surface area (Å²) in [4.78, 5) is 14.6. The van der Waals surface area contributed by atoms with Crippen LogP contribution in [0.3, 0.4) is 0 Å². The predicted octanol–water partition coefficient (Wildman–Crippen LogP) is 4.22. The molecule has 2 atom stereocenters. The van der Waals surface area contributed by atoms with Crippen LogP contribution in [0.4, 0.5) is 0 Å². The highest BCUT2D eigenvalue weighted by Crippen LogP contribution is 2.25. The molecular formula is C21H25NO2S. The van der Waals surface area contributed by atoms with Crippen molar-refractivity contribution in [3.05, 3.63) is 71.3 Å². The second-order valence-corrected chi connectivity index (χ2v) is 7.61. The summed E-state index contributed by atoms with van der Waals surface area (Å²) in [5.41, 5.74) is 3.67. The number of morpholine rings is 1. The normalized spacial score (nSPS) is 20.5. The number of thioether (sulfide) groups is 1. The molecule has 1 heterocycles. The van der Waals surface area contributed by atoms with Gasteiger partial charge in [-0.05, 0) is 25.0 Å². The van der Waals surface area contributed by atoms with Crippen molar-refractivity contribution in [2.45, 2.75) is 31.8 Å². The highest BCUT2D eigenvalue weighted by molar-refractivity contribution is 7.99. The molecule has 0 spiro atoms. The Labute approximate surface area is 154 Å². The van der Waals surface area contributed by atoms with Gasteiger partial charge in [0.15, 0.2) is 0 Å². The van der Waals surface area contributed by atoms with Gasteiger partial charge in [0.05, 0.1) is 18.4 Å². The largest absolute Gasteiger partial charge is 0.367 e.